The number of nitrogens with zero attached hydrogens (tertiary/aromatic N) is 1. The van der Waals surface area contributed by atoms with E-state index in [-0.39, 0.29) is 6.10 Å². The summed E-state index contributed by atoms with van der Waals surface area (Å²) in [5, 5.41) is 22.1. The molecule has 1 fully saturated rings. The third-order valence-electron chi connectivity index (χ3n) is 2.95. The number of morpholine rings is 1. The molecule has 0 bridgehead atoms. The molecule has 0 aromatic carbocycles. The molecule has 0 aromatic rings. The summed E-state index contributed by atoms with van der Waals surface area (Å²) in [6, 6.07) is -1.92. The van der Waals surface area contributed by atoms with Crippen LogP contribution >= 0.6 is 0 Å². The van der Waals surface area contributed by atoms with Crippen LogP contribution in [-0.4, -0.2) is 78.7 Å². The number of ether oxygens (including phenoxy) is 1. The normalized spacial score (nSPS) is 21.7. The van der Waals surface area contributed by atoms with E-state index in [0.717, 1.165) is 19.6 Å². The Balaban J connectivity index is 2.27. The second kappa shape index (κ2) is 7.93. The number of aliphatic hydroxyl groups excluding tert-OH is 1. The summed E-state index contributed by atoms with van der Waals surface area (Å²) in [6.45, 7) is 4.88. The zero-order chi connectivity index (χ0) is 14.3. The summed E-state index contributed by atoms with van der Waals surface area (Å²) in [4.78, 5) is 24.3. The maximum atomic E-state index is 11.4. The van der Waals surface area contributed by atoms with Gasteiger partial charge in [0.05, 0.1) is 19.3 Å². The Morgan fingerprint density at radius 1 is 1.53 bits per heavy atom. The molecule has 2 atom stereocenters. The number of hydrogen-bond acceptors (Lipinski definition) is 5. The van der Waals surface area contributed by atoms with Crippen molar-refractivity contribution in [2.24, 2.45) is 0 Å². The standard InChI is InChI=1S/C11H21N3O5/c1-2-14-3-4-19-8(6-14)5-12-11(18)13-9(7-15)10(16)17/h8-9,15H,2-7H2,1H3,(H,16,17)(H2,12,13,18). The zero-order valence-electron chi connectivity index (χ0n) is 11.0. The smallest absolute Gasteiger partial charge is 0.328 e. The molecule has 110 valence electrons. The molecule has 8 nitrogen and oxygen atoms in total. The quantitative estimate of drug-likeness (QED) is 0.467. The molecule has 1 rings (SSSR count). The number of amides is 2. The molecule has 0 saturated carbocycles. The lowest BCUT2D eigenvalue weighted by atomic mass is 10.2. The lowest BCUT2D eigenvalue weighted by Gasteiger charge is -2.32. The number of aliphatic hydroxyl groups is 1. The lowest BCUT2D eigenvalue weighted by Crippen LogP contribution is -2.52. The maximum absolute atomic E-state index is 11.4. The summed E-state index contributed by atoms with van der Waals surface area (Å²) in [5.41, 5.74) is 0. The average molecular weight is 275 g/mol. The van der Waals surface area contributed by atoms with Gasteiger partial charge in [0.2, 0.25) is 0 Å². The van der Waals surface area contributed by atoms with E-state index in [2.05, 4.69) is 22.5 Å². The highest BCUT2D eigenvalue weighted by atomic mass is 16.5. The number of likely N-dealkylation sites (N-methyl/N-ethyl adjacent to an activating group) is 1. The van der Waals surface area contributed by atoms with Gasteiger partial charge in [-0.15, -0.1) is 0 Å². The first kappa shape index (κ1) is 15.7. The lowest BCUT2D eigenvalue weighted by molar-refractivity contribution is -0.140. The van der Waals surface area contributed by atoms with Crippen LogP contribution in [0.15, 0.2) is 0 Å². The summed E-state index contributed by atoms with van der Waals surface area (Å²) < 4.78 is 5.49. The van der Waals surface area contributed by atoms with E-state index in [4.69, 9.17) is 14.9 Å². The third kappa shape index (κ3) is 5.41. The first-order valence-electron chi connectivity index (χ1n) is 6.28. The molecule has 1 heterocycles. The van der Waals surface area contributed by atoms with E-state index in [1.165, 1.54) is 0 Å². The molecule has 0 aromatic heterocycles. The largest absolute Gasteiger partial charge is 0.480 e. The topological polar surface area (TPSA) is 111 Å². The highest BCUT2D eigenvalue weighted by Gasteiger charge is 2.22. The van der Waals surface area contributed by atoms with E-state index in [1.807, 2.05) is 0 Å². The zero-order valence-corrected chi connectivity index (χ0v) is 11.0. The number of aliphatic carboxylic acids is 1. The molecule has 2 amide bonds. The molecule has 1 aliphatic heterocycles. The Bertz CT molecular complexity index is 313. The van der Waals surface area contributed by atoms with Crippen LogP contribution in [-0.2, 0) is 9.53 Å². The van der Waals surface area contributed by atoms with Crippen molar-refractivity contribution in [2.75, 3.05) is 39.4 Å². The van der Waals surface area contributed by atoms with Crippen molar-refractivity contribution in [2.45, 2.75) is 19.1 Å². The first-order valence-corrected chi connectivity index (χ1v) is 6.28. The van der Waals surface area contributed by atoms with Gasteiger partial charge in [-0.1, -0.05) is 6.92 Å². The molecule has 1 aliphatic rings. The van der Waals surface area contributed by atoms with Crippen LogP contribution in [0.4, 0.5) is 4.79 Å². The second-order valence-corrected chi connectivity index (χ2v) is 4.31. The minimum Gasteiger partial charge on any atom is -0.480 e. The van der Waals surface area contributed by atoms with Crippen LogP contribution < -0.4 is 10.6 Å². The van der Waals surface area contributed by atoms with E-state index in [1.54, 1.807) is 0 Å². The predicted molar refractivity (Wildman–Crippen MR) is 66.9 cm³/mol. The second-order valence-electron chi connectivity index (χ2n) is 4.31. The number of urea groups is 1. The Hall–Kier alpha value is -1.38. The average Bonchev–Trinajstić information content (AvgIpc) is 2.42. The van der Waals surface area contributed by atoms with Gasteiger partial charge in [0.1, 0.15) is 0 Å². The number of carbonyl (C=O) groups is 2. The van der Waals surface area contributed by atoms with E-state index in [0.29, 0.717) is 13.2 Å². The SMILES string of the molecule is CCN1CCOC(CNC(=O)NC(CO)C(=O)O)C1. The Labute approximate surface area is 111 Å². The van der Waals surface area contributed by atoms with Crippen molar-refractivity contribution < 1.29 is 24.5 Å². The number of carboxylic acids is 1. The molecular weight excluding hydrogens is 254 g/mol. The first-order chi connectivity index (χ1) is 9.06. The predicted octanol–water partition coefficient (Wildman–Crippen LogP) is -1.55. The van der Waals surface area contributed by atoms with Crippen molar-refractivity contribution >= 4 is 12.0 Å². The molecule has 0 aliphatic carbocycles. The van der Waals surface area contributed by atoms with E-state index in [9.17, 15) is 9.59 Å². The van der Waals surface area contributed by atoms with Crippen molar-refractivity contribution in [1.82, 2.24) is 15.5 Å². The number of carboxylic acid groups (broad SMARTS) is 1. The fourth-order valence-electron chi connectivity index (χ4n) is 1.79. The molecular formula is C11H21N3O5. The highest BCUT2D eigenvalue weighted by Crippen LogP contribution is 2.03. The fourth-order valence-corrected chi connectivity index (χ4v) is 1.79. The van der Waals surface area contributed by atoms with Crippen molar-refractivity contribution in [3.63, 3.8) is 0 Å². The van der Waals surface area contributed by atoms with Gasteiger partial charge in [0.15, 0.2) is 6.04 Å². The van der Waals surface area contributed by atoms with Crippen LogP contribution in [0.25, 0.3) is 0 Å². The summed E-state index contributed by atoms with van der Waals surface area (Å²) in [6.07, 6.45) is -0.100. The molecule has 19 heavy (non-hydrogen) atoms. The minimum absolute atomic E-state index is 0.100. The highest BCUT2D eigenvalue weighted by molar-refractivity contribution is 5.82. The Morgan fingerprint density at radius 3 is 2.84 bits per heavy atom. The minimum atomic E-state index is -1.29. The molecule has 2 unspecified atom stereocenters. The van der Waals surface area contributed by atoms with Crippen molar-refractivity contribution in [3.8, 4) is 0 Å². The molecule has 8 heteroatoms. The number of hydrogen-bond donors (Lipinski definition) is 4. The van der Waals surface area contributed by atoms with E-state index >= 15 is 0 Å². The molecule has 4 N–H and O–H groups in total. The molecule has 1 saturated heterocycles. The van der Waals surface area contributed by atoms with Gasteiger partial charge in [-0.05, 0) is 6.54 Å². The third-order valence-corrected chi connectivity index (χ3v) is 2.95. The monoisotopic (exact) mass is 275 g/mol. The summed E-state index contributed by atoms with van der Waals surface area (Å²) in [7, 11) is 0. The van der Waals surface area contributed by atoms with Crippen molar-refractivity contribution in [1.29, 1.82) is 0 Å². The van der Waals surface area contributed by atoms with Gasteiger partial charge in [0.25, 0.3) is 0 Å². The van der Waals surface area contributed by atoms with Crippen LogP contribution in [0.3, 0.4) is 0 Å². The maximum Gasteiger partial charge on any atom is 0.328 e. The summed E-state index contributed by atoms with van der Waals surface area (Å²) in [5.74, 6) is -1.27. The molecule has 0 spiro atoms. The van der Waals surface area contributed by atoms with Gasteiger partial charge in [-0.25, -0.2) is 9.59 Å². The number of nitrogens with one attached hydrogen (secondary N) is 2. The Morgan fingerprint density at radius 2 is 2.26 bits per heavy atom. The van der Waals surface area contributed by atoms with Gasteiger partial charge >= 0.3 is 12.0 Å². The van der Waals surface area contributed by atoms with Crippen LogP contribution in [0.1, 0.15) is 6.92 Å². The summed E-state index contributed by atoms with van der Waals surface area (Å²) >= 11 is 0. The van der Waals surface area contributed by atoms with Gasteiger partial charge in [-0.3, -0.25) is 4.90 Å². The Kier molecular flexibility index (Phi) is 6.54. The number of rotatable bonds is 6. The van der Waals surface area contributed by atoms with Gasteiger partial charge in [-0.2, -0.15) is 0 Å². The fraction of sp³-hybridized carbons (Fsp3) is 0.818. The van der Waals surface area contributed by atoms with Gasteiger partial charge < -0.3 is 25.6 Å². The van der Waals surface area contributed by atoms with Gasteiger partial charge in [0, 0.05) is 19.6 Å². The van der Waals surface area contributed by atoms with Crippen LogP contribution in [0, 0.1) is 0 Å². The van der Waals surface area contributed by atoms with E-state index < -0.39 is 24.6 Å². The van der Waals surface area contributed by atoms with Crippen LogP contribution in [0.5, 0.6) is 0 Å². The molecule has 0 radical (unpaired) electrons. The van der Waals surface area contributed by atoms with Crippen molar-refractivity contribution in [3.05, 3.63) is 0 Å². The number of carbonyl (C=O) groups excluding carboxylic acids is 1. The van der Waals surface area contributed by atoms with Crippen LogP contribution in [0.2, 0.25) is 0 Å².